The van der Waals surface area contributed by atoms with Crippen molar-refractivity contribution in [1.29, 1.82) is 0 Å². The van der Waals surface area contributed by atoms with E-state index in [0.717, 1.165) is 12.0 Å². The number of aliphatic carboxylic acids is 1. The molecule has 0 aliphatic carbocycles. The summed E-state index contributed by atoms with van der Waals surface area (Å²) < 4.78 is 18.6. The highest BCUT2D eigenvalue weighted by atomic mass is 19.1. The second kappa shape index (κ2) is 6.22. The molecule has 4 nitrogen and oxygen atoms in total. The molecule has 1 aliphatic rings. The fraction of sp³-hybridized carbons (Fsp3) is 0.533. The second-order valence-corrected chi connectivity index (χ2v) is 5.36. The smallest absolute Gasteiger partial charge is 0.307 e. The van der Waals surface area contributed by atoms with Gasteiger partial charge < -0.3 is 9.84 Å². The molecule has 5 heteroatoms. The average molecular weight is 281 g/mol. The van der Waals surface area contributed by atoms with Crippen molar-refractivity contribution >= 4 is 5.97 Å². The molecule has 0 aromatic heterocycles. The Kier molecular flexibility index (Phi) is 4.60. The number of piperidine rings is 1. The van der Waals surface area contributed by atoms with Gasteiger partial charge in [0.25, 0.3) is 0 Å². The van der Waals surface area contributed by atoms with E-state index in [4.69, 9.17) is 9.84 Å². The topological polar surface area (TPSA) is 49.8 Å². The molecule has 110 valence electrons. The minimum absolute atomic E-state index is 0.226. The van der Waals surface area contributed by atoms with Gasteiger partial charge in [0.2, 0.25) is 0 Å². The number of carbonyl (C=O) groups is 1. The highest BCUT2D eigenvalue weighted by Crippen LogP contribution is 2.25. The van der Waals surface area contributed by atoms with E-state index < -0.39 is 5.97 Å². The molecule has 2 unspecified atom stereocenters. The molecule has 1 saturated heterocycles. The Morgan fingerprint density at radius 1 is 1.50 bits per heavy atom. The number of benzene rings is 1. The van der Waals surface area contributed by atoms with Crippen molar-refractivity contribution in [3.05, 3.63) is 29.6 Å². The van der Waals surface area contributed by atoms with Gasteiger partial charge in [-0.25, -0.2) is 4.39 Å². The average Bonchev–Trinajstić information content (AvgIpc) is 2.41. The van der Waals surface area contributed by atoms with E-state index in [2.05, 4.69) is 11.8 Å². The van der Waals surface area contributed by atoms with Gasteiger partial charge >= 0.3 is 5.97 Å². The first-order valence-electron chi connectivity index (χ1n) is 6.80. The van der Waals surface area contributed by atoms with Crippen LogP contribution in [0.4, 0.5) is 4.39 Å². The SMILES string of the molecule is COc1ccc(CN2CC(C(=O)O)CCC2C)cc1F. The van der Waals surface area contributed by atoms with Crippen molar-refractivity contribution in [2.24, 2.45) is 5.92 Å². The number of carboxylic acid groups (broad SMARTS) is 1. The molecule has 1 aromatic carbocycles. The quantitative estimate of drug-likeness (QED) is 0.921. The van der Waals surface area contributed by atoms with Gasteiger partial charge in [0.1, 0.15) is 0 Å². The zero-order valence-corrected chi connectivity index (χ0v) is 11.8. The Bertz CT molecular complexity index is 492. The lowest BCUT2D eigenvalue weighted by Crippen LogP contribution is -2.43. The lowest BCUT2D eigenvalue weighted by Gasteiger charge is -2.36. The molecule has 0 bridgehead atoms. The van der Waals surface area contributed by atoms with E-state index in [0.29, 0.717) is 25.6 Å². The fourth-order valence-electron chi connectivity index (χ4n) is 2.64. The van der Waals surface area contributed by atoms with Gasteiger partial charge in [0, 0.05) is 19.1 Å². The molecule has 1 N–H and O–H groups in total. The van der Waals surface area contributed by atoms with Crippen LogP contribution in [0, 0.1) is 11.7 Å². The Balaban J connectivity index is 2.07. The van der Waals surface area contributed by atoms with Gasteiger partial charge in [-0.1, -0.05) is 6.07 Å². The number of nitrogens with zero attached hydrogens (tertiary/aromatic N) is 1. The van der Waals surface area contributed by atoms with Crippen LogP contribution >= 0.6 is 0 Å². The number of halogens is 1. The highest BCUT2D eigenvalue weighted by molar-refractivity contribution is 5.70. The van der Waals surface area contributed by atoms with Crippen LogP contribution in [0.1, 0.15) is 25.3 Å². The third-order valence-electron chi connectivity index (χ3n) is 3.96. The summed E-state index contributed by atoms with van der Waals surface area (Å²) in [7, 11) is 1.43. The van der Waals surface area contributed by atoms with Crippen LogP contribution in [-0.4, -0.2) is 35.7 Å². The standard InChI is InChI=1S/C15H20FNO3/c1-10-3-5-12(15(18)19)9-17(10)8-11-4-6-14(20-2)13(16)7-11/h4,6-7,10,12H,3,5,8-9H2,1-2H3,(H,18,19). The minimum Gasteiger partial charge on any atom is -0.494 e. The summed E-state index contributed by atoms with van der Waals surface area (Å²) in [6.45, 7) is 3.16. The monoisotopic (exact) mass is 281 g/mol. The third kappa shape index (κ3) is 3.28. The van der Waals surface area contributed by atoms with Crippen molar-refractivity contribution in [2.75, 3.05) is 13.7 Å². The number of hydrogen-bond donors (Lipinski definition) is 1. The summed E-state index contributed by atoms with van der Waals surface area (Å²) in [5.41, 5.74) is 0.834. The largest absolute Gasteiger partial charge is 0.494 e. The number of rotatable bonds is 4. The molecular formula is C15H20FNO3. The van der Waals surface area contributed by atoms with Crippen LogP contribution in [0.15, 0.2) is 18.2 Å². The molecule has 2 rings (SSSR count). The van der Waals surface area contributed by atoms with Crippen LogP contribution in [0.25, 0.3) is 0 Å². The third-order valence-corrected chi connectivity index (χ3v) is 3.96. The fourth-order valence-corrected chi connectivity index (χ4v) is 2.64. The maximum Gasteiger partial charge on any atom is 0.307 e. The van der Waals surface area contributed by atoms with Gasteiger partial charge in [0.15, 0.2) is 11.6 Å². The van der Waals surface area contributed by atoms with E-state index >= 15 is 0 Å². The molecule has 0 radical (unpaired) electrons. The van der Waals surface area contributed by atoms with Crippen molar-refractivity contribution in [1.82, 2.24) is 4.90 Å². The van der Waals surface area contributed by atoms with Crippen molar-refractivity contribution in [3.8, 4) is 5.75 Å². The van der Waals surface area contributed by atoms with Crippen LogP contribution in [0.3, 0.4) is 0 Å². The Labute approximate surface area is 118 Å². The van der Waals surface area contributed by atoms with Crippen molar-refractivity contribution in [3.63, 3.8) is 0 Å². The van der Waals surface area contributed by atoms with E-state index in [1.54, 1.807) is 6.07 Å². The molecule has 20 heavy (non-hydrogen) atoms. The van der Waals surface area contributed by atoms with Gasteiger partial charge in [-0.15, -0.1) is 0 Å². The molecule has 0 saturated carbocycles. The molecule has 0 spiro atoms. The molecule has 2 atom stereocenters. The van der Waals surface area contributed by atoms with Gasteiger partial charge in [0.05, 0.1) is 13.0 Å². The number of methoxy groups -OCH3 is 1. The van der Waals surface area contributed by atoms with Crippen LogP contribution in [0.2, 0.25) is 0 Å². The van der Waals surface area contributed by atoms with Crippen molar-refractivity contribution < 1.29 is 19.0 Å². The molecule has 0 amide bonds. The van der Waals surface area contributed by atoms with Crippen LogP contribution in [0.5, 0.6) is 5.75 Å². The van der Waals surface area contributed by atoms with Crippen molar-refractivity contribution in [2.45, 2.75) is 32.4 Å². The van der Waals surface area contributed by atoms with Gasteiger partial charge in [-0.05, 0) is 37.5 Å². The summed E-state index contributed by atoms with van der Waals surface area (Å²) in [6, 6.07) is 5.19. The number of ether oxygens (including phenoxy) is 1. The minimum atomic E-state index is -0.747. The summed E-state index contributed by atoms with van der Waals surface area (Å²) in [5.74, 6) is -1.23. The molecule has 1 heterocycles. The number of hydrogen-bond acceptors (Lipinski definition) is 3. The lowest BCUT2D eigenvalue weighted by molar-refractivity contribution is -0.144. The summed E-state index contributed by atoms with van der Waals surface area (Å²) in [5, 5.41) is 9.12. The summed E-state index contributed by atoms with van der Waals surface area (Å²) in [6.07, 6.45) is 1.57. The summed E-state index contributed by atoms with van der Waals surface area (Å²) >= 11 is 0. The first kappa shape index (κ1) is 14.8. The predicted octanol–water partition coefficient (Wildman–Crippen LogP) is 2.52. The first-order valence-corrected chi connectivity index (χ1v) is 6.80. The van der Waals surface area contributed by atoms with E-state index in [-0.39, 0.29) is 17.5 Å². The molecule has 1 aromatic rings. The van der Waals surface area contributed by atoms with E-state index in [9.17, 15) is 9.18 Å². The zero-order valence-electron chi connectivity index (χ0n) is 11.8. The van der Waals surface area contributed by atoms with E-state index in [1.807, 2.05) is 6.07 Å². The lowest BCUT2D eigenvalue weighted by atomic mass is 9.93. The zero-order chi connectivity index (χ0) is 14.7. The van der Waals surface area contributed by atoms with Crippen LogP contribution in [-0.2, 0) is 11.3 Å². The number of carboxylic acids is 1. The maximum absolute atomic E-state index is 13.7. The Morgan fingerprint density at radius 3 is 2.85 bits per heavy atom. The first-order chi connectivity index (χ1) is 9.51. The predicted molar refractivity (Wildman–Crippen MR) is 73.2 cm³/mol. The molecule has 1 fully saturated rings. The Morgan fingerprint density at radius 2 is 2.25 bits per heavy atom. The van der Waals surface area contributed by atoms with Crippen LogP contribution < -0.4 is 4.74 Å². The normalized spacial score (nSPS) is 23.6. The molecular weight excluding hydrogens is 261 g/mol. The van der Waals surface area contributed by atoms with E-state index in [1.165, 1.54) is 13.2 Å². The molecule has 1 aliphatic heterocycles. The highest BCUT2D eigenvalue weighted by Gasteiger charge is 2.29. The Hall–Kier alpha value is -1.62. The summed E-state index contributed by atoms with van der Waals surface area (Å²) in [4.78, 5) is 13.2. The number of likely N-dealkylation sites (tertiary alicyclic amines) is 1. The van der Waals surface area contributed by atoms with Gasteiger partial charge in [-0.2, -0.15) is 0 Å². The maximum atomic E-state index is 13.7. The second-order valence-electron chi connectivity index (χ2n) is 5.36. The van der Waals surface area contributed by atoms with Gasteiger partial charge in [-0.3, -0.25) is 9.69 Å².